The molecule has 8 rings (SSSR count). The summed E-state index contributed by atoms with van der Waals surface area (Å²) < 4.78 is 3.34. The van der Waals surface area contributed by atoms with Crippen LogP contribution in [0, 0.1) is 24.6 Å². The summed E-state index contributed by atoms with van der Waals surface area (Å²) in [6.45, 7) is 13.6. The van der Waals surface area contributed by atoms with Crippen molar-refractivity contribution < 1.29 is 24.2 Å². The van der Waals surface area contributed by atoms with Crippen molar-refractivity contribution in [3.63, 3.8) is 0 Å². The topological polar surface area (TPSA) is 0 Å². The molecule has 0 bridgehead atoms. The molecule has 0 amide bonds. The summed E-state index contributed by atoms with van der Waals surface area (Å²) in [6.07, 6.45) is 9.50. The van der Waals surface area contributed by atoms with Crippen LogP contribution in [0.3, 0.4) is 0 Å². The first-order chi connectivity index (χ1) is 25.2. The van der Waals surface area contributed by atoms with Gasteiger partial charge in [0.25, 0.3) is 0 Å². The summed E-state index contributed by atoms with van der Waals surface area (Å²) in [4.78, 5) is 0. The van der Waals surface area contributed by atoms with E-state index in [1.165, 1.54) is 89.0 Å². The van der Waals surface area contributed by atoms with E-state index < -0.39 is 0 Å². The SMILES string of the molecule is CC(C)(C)c1ccc2c(c1)[cH-]c1cc(C(C)(C)C)ccc12.[CH-]1CCCCC1.[CH2]=[Zr].[c-]1ccccc1.[c-]1ccccc1.[c-]1ccccc1.c1cc[cH-]c1. The molecule has 0 heterocycles. The first-order valence-electron chi connectivity index (χ1n) is 18.4. The van der Waals surface area contributed by atoms with Crippen molar-refractivity contribution in [3.05, 3.63) is 200 Å². The van der Waals surface area contributed by atoms with E-state index in [0.29, 0.717) is 0 Å². The minimum atomic E-state index is 0.203. The first kappa shape index (κ1) is 44.2. The predicted octanol–water partition coefficient (Wildman–Crippen LogP) is 14.3. The van der Waals surface area contributed by atoms with Crippen molar-refractivity contribution in [3.8, 4) is 0 Å². The van der Waals surface area contributed by atoms with Gasteiger partial charge < -0.3 is 6.42 Å². The Labute approximate surface area is 332 Å². The minimum absolute atomic E-state index is 0.203. The zero-order valence-corrected chi connectivity index (χ0v) is 34.9. The molecule has 0 nitrogen and oxygen atoms in total. The average molecular weight is 762 g/mol. The van der Waals surface area contributed by atoms with Gasteiger partial charge in [-0.25, -0.2) is 12.1 Å². The van der Waals surface area contributed by atoms with Gasteiger partial charge in [-0.3, -0.25) is 0 Å². The predicted molar refractivity (Wildman–Crippen MR) is 227 cm³/mol. The summed E-state index contributed by atoms with van der Waals surface area (Å²) in [5, 5.41) is 5.48. The van der Waals surface area contributed by atoms with Crippen molar-refractivity contribution in [2.75, 3.05) is 0 Å². The molecule has 7 aromatic rings. The maximum atomic E-state index is 3.34. The van der Waals surface area contributed by atoms with Crippen LogP contribution in [0.2, 0.25) is 0 Å². The molecule has 1 fully saturated rings. The average Bonchev–Trinajstić information content (AvgIpc) is 3.91. The normalized spacial score (nSPS) is 11.7. The van der Waals surface area contributed by atoms with Crippen molar-refractivity contribution in [1.29, 1.82) is 0 Å². The Bertz CT molecular complexity index is 1540. The second-order valence-corrected chi connectivity index (χ2v) is 14.4. The molecule has 0 spiro atoms. The van der Waals surface area contributed by atoms with E-state index in [2.05, 4.69) is 113 Å². The number of rotatable bonds is 0. The van der Waals surface area contributed by atoms with Crippen molar-refractivity contribution in [1.82, 2.24) is 0 Å². The monoisotopic (exact) mass is 760 g/mol. The van der Waals surface area contributed by atoms with Gasteiger partial charge >= 0.3 is 28.4 Å². The minimum Gasteiger partial charge on any atom is -0.214 e. The van der Waals surface area contributed by atoms with Gasteiger partial charge in [0, 0.05) is 0 Å². The second kappa shape index (κ2) is 25.9. The third kappa shape index (κ3) is 18.5. The van der Waals surface area contributed by atoms with Crippen molar-refractivity contribution >= 4 is 25.8 Å². The summed E-state index contributed by atoms with van der Waals surface area (Å²) in [6, 6.07) is 63.7. The zero-order chi connectivity index (χ0) is 37.9. The third-order valence-electron chi connectivity index (χ3n) is 8.13. The molecule has 0 aromatic heterocycles. The van der Waals surface area contributed by atoms with E-state index in [0.717, 1.165) is 0 Å². The van der Waals surface area contributed by atoms with Crippen LogP contribution in [0.15, 0.2) is 164 Å². The van der Waals surface area contributed by atoms with Crippen LogP contribution in [-0.2, 0) is 35.1 Å². The van der Waals surface area contributed by atoms with Gasteiger partial charge in [0.05, 0.1) is 0 Å². The molecule has 0 aliphatic heterocycles. The smallest absolute Gasteiger partial charge is 0.171 e. The van der Waals surface area contributed by atoms with Crippen molar-refractivity contribution in [2.45, 2.75) is 84.5 Å². The molecule has 0 unspecified atom stereocenters. The van der Waals surface area contributed by atoms with Gasteiger partial charge in [-0.05, 0) is 10.8 Å². The van der Waals surface area contributed by atoms with Crippen LogP contribution < -0.4 is 0 Å². The second-order valence-electron chi connectivity index (χ2n) is 14.4. The fourth-order valence-electron chi connectivity index (χ4n) is 5.20. The molecule has 1 saturated carbocycles. The summed E-state index contributed by atoms with van der Waals surface area (Å²) >= 11 is 1.30. The van der Waals surface area contributed by atoms with Gasteiger partial charge in [-0.2, -0.15) is 140 Å². The van der Waals surface area contributed by atoms with E-state index in [1.807, 2.05) is 121 Å². The fourth-order valence-corrected chi connectivity index (χ4v) is 5.20. The Morgan fingerprint density at radius 1 is 0.500 bits per heavy atom. The van der Waals surface area contributed by atoms with Crippen LogP contribution in [0.25, 0.3) is 21.5 Å². The largest absolute Gasteiger partial charge is 0.214 e. The van der Waals surface area contributed by atoms with E-state index in [4.69, 9.17) is 0 Å². The zero-order valence-electron chi connectivity index (χ0n) is 32.4. The van der Waals surface area contributed by atoms with E-state index in [-0.39, 0.29) is 10.8 Å². The Hall–Kier alpha value is -3.93. The Balaban J connectivity index is 0.000000246. The van der Waals surface area contributed by atoms with E-state index >= 15 is 0 Å². The van der Waals surface area contributed by atoms with Crippen LogP contribution in [0.1, 0.15) is 84.8 Å². The van der Waals surface area contributed by atoms with Crippen LogP contribution in [-0.4, -0.2) is 4.21 Å². The fraction of sp³-hybridized carbons (Fsp3) is 0.255. The number of hydrogen-bond acceptors (Lipinski definition) is 0. The molecule has 1 aliphatic carbocycles. The Morgan fingerprint density at radius 2 is 0.865 bits per heavy atom. The van der Waals surface area contributed by atoms with Gasteiger partial charge in [0.2, 0.25) is 0 Å². The van der Waals surface area contributed by atoms with Gasteiger partial charge in [-0.15, -0.1) is 39.7 Å². The first-order valence-corrected chi connectivity index (χ1v) is 20.1. The van der Waals surface area contributed by atoms with Crippen LogP contribution >= 0.6 is 0 Å². The molecule has 0 saturated heterocycles. The molecular weight excluding hydrogens is 704 g/mol. The summed E-state index contributed by atoms with van der Waals surface area (Å²) in [5.74, 6) is 0. The molecule has 1 aliphatic rings. The van der Waals surface area contributed by atoms with E-state index in [1.54, 1.807) is 0 Å². The number of benzene rings is 5. The summed E-state index contributed by atoms with van der Waals surface area (Å²) in [5.41, 5.74) is 3.21. The van der Waals surface area contributed by atoms with Crippen LogP contribution in [0.4, 0.5) is 0 Å². The summed E-state index contributed by atoms with van der Waals surface area (Å²) in [7, 11) is 0. The van der Waals surface area contributed by atoms with Crippen molar-refractivity contribution in [2.24, 2.45) is 0 Å². The maximum Gasteiger partial charge on any atom is -0.171 e. The standard InChI is InChI=1S/C21H25.C6H11.3C6H5.C5H5.CH2.Zr/c1-20(2,3)16-7-9-18-14(12-16)11-15-13-17(21(4,5)6)8-10-19(15)18;4*1-2-4-6-5-3-1;1-2-4-5-3-1;;/h7-13H,1-6H3;1H,2-6H2;3*1-5H;1-5H;1H2;/q6*-1;;. The van der Waals surface area contributed by atoms with Gasteiger partial charge in [0.1, 0.15) is 0 Å². The molecule has 1 heteroatoms. The molecule has 7 aromatic carbocycles. The maximum absolute atomic E-state index is 3.34. The van der Waals surface area contributed by atoms with Gasteiger partial charge in [0.15, 0.2) is 0 Å². The molecule has 52 heavy (non-hydrogen) atoms. The number of fused-ring (bicyclic) bond motifs is 3. The Kier molecular flexibility index (Phi) is 22.1. The molecule has 0 atom stereocenters. The molecule has 0 radical (unpaired) electrons. The molecular formula is C51H58Zr-6. The molecule has 272 valence electrons. The third-order valence-corrected chi connectivity index (χ3v) is 8.13. The van der Waals surface area contributed by atoms with Crippen LogP contribution in [0.5, 0.6) is 0 Å². The van der Waals surface area contributed by atoms with E-state index in [9.17, 15) is 0 Å². The quantitative estimate of drug-likeness (QED) is 0.135. The number of hydrogen-bond donors (Lipinski definition) is 0. The Morgan fingerprint density at radius 3 is 1.06 bits per heavy atom. The molecule has 0 N–H and O–H groups in total. The van der Waals surface area contributed by atoms with Gasteiger partial charge in [-0.1, -0.05) is 96.2 Å².